The smallest absolute Gasteiger partial charge is 0.213 e. The van der Waals surface area contributed by atoms with Gasteiger partial charge in [-0.3, -0.25) is 9.48 Å². The van der Waals surface area contributed by atoms with Crippen LogP contribution in [0.4, 0.5) is 0 Å². The van der Waals surface area contributed by atoms with Crippen molar-refractivity contribution < 1.29 is 9.53 Å². The third-order valence-corrected chi connectivity index (χ3v) is 4.96. The van der Waals surface area contributed by atoms with Gasteiger partial charge < -0.3 is 4.74 Å². The average Bonchev–Trinajstić information content (AvgIpc) is 3.44. The molecule has 31 heavy (non-hydrogen) atoms. The van der Waals surface area contributed by atoms with Crippen molar-refractivity contribution in [2.24, 2.45) is 7.05 Å². The Morgan fingerprint density at radius 3 is 2.52 bits per heavy atom. The van der Waals surface area contributed by atoms with E-state index in [1.165, 1.54) is 0 Å². The zero-order chi connectivity index (χ0) is 21.2. The minimum Gasteiger partial charge on any atom is -0.489 e. The molecule has 152 valence electrons. The van der Waals surface area contributed by atoms with Crippen molar-refractivity contribution in [1.29, 1.82) is 0 Å². The number of nitrogens with zero attached hydrogens (tertiary/aromatic N) is 5. The van der Waals surface area contributed by atoms with Gasteiger partial charge in [0.25, 0.3) is 0 Å². The van der Waals surface area contributed by atoms with Gasteiger partial charge in [0.05, 0.1) is 18.1 Å². The lowest BCUT2D eigenvalue weighted by Gasteiger charge is -2.07. The zero-order valence-electron chi connectivity index (χ0n) is 16.8. The van der Waals surface area contributed by atoms with Crippen LogP contribution >= 0.6 is 0 Å². The summed E-state index contributed by atoms with van der Waals surface area (Å²) >= 11 is 0. The number of aromatic nitrogens is 5. The summed E-state index contributed by atoms with van der Waals surface area (Å²) < 4.78 is 9.09. The Bertz CT molecular complexity index is 1350. The van der Waals surface area contributed by atoms with Gasteiger partial charge in [0.1, 0.15) is 18.1 Å². The number of benzene rings is 2. The molecule has 0 atom stereocenters. The molecule has 3 aromatic heterocycles. The molecule has 0 saturated heterocycles. The topological polar surface area (TPSA) is 74.3 Å². The highest BCUT2D eigenvalue weighted by Crippen LogP contribution is 2.20. The average molecular weight is 409 g/mol. The van der Waals surface area contributed by atoms with Gasteiger partial charge in [0.2, 0.25) is 5.78 Å². The maximum atomic E-state index is 13.1. The molecule has 3 heterocycles. The monoisotopic (exact) mass is 409 g/mol. The highest BCUT2D eigenvalue weighted by molar-refractivity contribution is 6.08. The van der Waals surface area contributed by atoms with Gasteiger partial charge >= 0.3 is 0 Å². The normalized spacial score (nSPS) is 11.0. The Labute approximate surface area is 178 Å². The third-order valence-electron chi connectivity index (χ3n) is 4.96. The Morgan fingerprint density at radius 1 is 0.968 bits per heavy atom. The minimum absolute atomic E-state index is 0.155. The Kier molecular flexibility index (Phi) is 4.76. The van der Waals surface area contributed by atoms with Crippen molar-refractivity contribution in [1.82, 2.24) is 24.4 Å². The van der Waals surface area contributed by atoms with Crippen LogP contribution in [-0.4, -0.2) is 30.2 Å². The lowest BCUT2D eigenvalue weighted by atomic mass is 10.1. The van der Waals surface area contributed by atoms with Crippen LogP contribution in [-0.2, 0) is 13.7 Å². The molecule has 0 saturated carbocycles. The maximum absolute atomic E-state index is 13.1. The minimum atomic E-state index is -0.155. The van der Waals surface area contributed by atoms with E-state index >= 15 is 0 Å². The number of ketones is 1. The first-order valence-corrected chi connectivity index (χ1v) is 9.83. The van der Waals surface area contributed by atoms with E-state index in [4.69, 9.17) is 4.74 Å². The maximum Gasteiger partial charge on any atom is 0.213 e. The van der Waals surface area contributed by atoms with Gasteiger partial charge in [-0.25, -0.2) is 9.50 Å². The first kappa shape index (κ1) is 18.7. The van der Waals surface area contributed by atoms with Crippen molar-refractivity contribution in [3.8, 4) is 17.0 Å². The van der Waals surface area contributed by atoms with E-state index in [0.29, 0.717) is 29.3 Å². The summed E-state index contributed by atoms with van der Waals surface area (Å²) in [5, 5.41) is 8.78. The van der Waals surface area contributed by atoms with Gasteiger partial charge in [0, 0.05) is 24.4 Å². The van der Waals surface area contributed by atoms with Crippen molar-refractivity contribution in [3.05, 3.63) is 102 Å². The van der Waals surface area contributed by atoms with Crippen LogP contribution in [0.3, 0.4) is 0 Å². The van der Waals surface area contributed by atoms with E-state index in [0.717, 1.165) is 16.8 Å². The number of hydrogen-bond donors (Lipinski definition) is 0. The summed E-state index contributed by atoms with van der Waals surface area (Å²) in [4.78, 5) is 17.4. The van der Waals surface area contributed by atoms with Crippen LogP contribution in [0.2, 0.25) is 0 Å². The van der Waals surface area contributed by atoms with E-state index < -0.39 is 0 Å². The number of imidazole rings is 1. The molecule has 0 aliphatic heterocycles. The van der Waals surface area contributed by atoms with E-state index in [9.17, 15) is 4.79 Å². The van der Waals surface area contributed by atoms with Gasteiger partial charge in [-0.05, 0) is 42.0 Å². The Hall–Kier alpha value is -4.26. The fourth-order valence-corrected chi connectivity index (χ4v) is 3.33. The van der Waals surface area contributed by atoms with Gasteiger partial charge in [0.15, 0.2) is 5.65 Å². The second-order valence-corrected chi connectivity index (χ2v) is 7.16. The lowest BCUT2D eigenvalue weighted by molar-refractivity contribution is 0.103. The number of fused-ring (bicyclic) bond motifs is 1. The number of hydrogen-bond acceptors (Lipinski definition) is 5. The molecule has 0 unspecified atom stereocenters. The van der Waals surface area contributed by atoms with Crippen LogP contribution in [0.5, 0.6) is 5.75 Å². The molecule has 0 bridgehead atoms. The standard InChI is InChI=1S/C24H19N5O2/c1-28-15-19(13-26-28)21-11-12-23-25-14-22(29(23)27-21)24(30)18-7-9-20(10-8-18)31-16-17-5-3-2-4-6-17/h2-15H,16H2,1H3. The van der Waals surface area contributed by atoms with Gasteiger partial charge in [-0.1, -0.05) is 30.3 Å². The molecule has 0 aliphatic carbocycles. The lowest BCUT2D eigenvalue weighted by Crippen LogP contribution is -2.08. The summed E-state index contributed by atoms with van der Waals surface area (Å²) in [6.45, 7) is 0.475. The highest BCUT2D eigenvalue weighted by atomic mass is 16.5. The van der Waals surface area contributed by atoms with Crippen LogP contribution in [0.25, 0.3) is 16.9 Å². The molecular weight excluding hydrogens is 390 g/mol. The van der Waals surface area contributed by atoms with Crippen molar-refractivity contribution in [2.75, 3.05) is 0 Å². The molecule has 5 rings (SSSR count). The third kappa shape index (κ3) is 3.81. The molecule has 0 fully saturated rings. The summed E-state index contributed by atoms with van der Waals surface area (Å²) in [7, 11) is 1.85. The predicted molar refractivity (Wildman–Crippen MR) is 116 cm³/mol. The van der Waals surface area contributed by atoms with Crippen LogP contribution in [0.15, 0.2) is 85.3 Å². The highest BCUT2D eigenvalue weighted by Gasteiger charge is 2.16. The molecule has 2 aromatic carbocycles. The van der Waals surface area contributed by atoms with E-state index in [-0.39, 0.29) is 5.78 Å². The SMILES string of the molecule is Cn1cc(-c2ccc3ncc(C(=O)c4ccc(OCc5ccccc5)cc4)n3n2)cn1. The number of ether oxygens (including phenoxy) is 1. The molecule has 0 spiro atoms. The van der Waals surface area contributed by atoms with E-state index in [1.54, 1.807) is 45.9 Å². The Balaban J connectivity index is 1.38. The van der Waals surface area contributed by atoms with E-state index in [2.05, 4.69) is 15.2 Å². The molecule has 0 N–H and O–H groups in total. The van der Waals surface area contributed by atoms with Gasteiger partial charge in [-0.2, -0.15) is 10.2 Å². The van der Waals surface area contributed by atoms with Crippen LogP contribution in [0.1, 0.15) is 21.6 Å². The second kappa shape index (κ2) is 7.87. The Morgan fingerprint density at radius 2 is 1.77 bits per heavy atom. The number of rotatable bonds is 6. The molecule has 0 aliphatic rings. The number of aryl methyl sites for hydroxylation is 1. The second-order valence-electron chi connectivity index (χ2n) is 7.16. The van der Waals surface area contributed by atoms with E-state index in [1.807, 2.05) is 55.7 Å². The first-order valence-electron chi connectivity index (χ1n) is 9.83. The first-order chi connectivity index (χ1) is 15.2. The van der Waals surface area contributed by atoms with Gasteiger partial charge in [-0.15, -0.1) is 0 Å². The fourth-order valence-electron chi connectivity index (χ4n) is 3.33. The van der Waals surface area contributed by atoms with Crippen LogP contribution < -0.4 is 4.74 Å². The predicted octanol–water partition coefficient (Wildman–Crippen LogP) is 3.94. The molecule has 7 nitrogen and oxygen atoms in total. The molecule has 0 amide bonds. The zero-order valence-corrected chi connectivity index (χ0v) is 16.8. The molecule has 5 aromatic rings. The van der Waals surface area contributed by atoms with Crippen molar-refractivity contribution in [2.45, 2.75) is 6.61 Å². The summed E-state index contributed by atoms with van der Waals surface area (Å²) in [5.41, 5.74) is 4.23. The quantitative estimate of drug-likeness (QED) is 0.397. The molecule has 7 heteroatoms. The van der Waals surface area contributed by atoms with Crippen LogP contribution in [0, 0.1) is 0 Å². The summed E-state index contributed by atoms with van der Waals surface area (Å²) in [6.07, 6.45) is 5.17. The van der Waals surface area contributed by atoms with Crippen molar-refractivity contribution in [3.63, 3.8) is 0 Å². The molecular formula is C24H19N5O2. The number of carbonyl (C=O) groups excluding carboxylic acids is 1. The summed E-state index contributed by atoms with van der Waals surface area (Å²) in [6, 6.07) is 20.8. The molecule has 0 radical (unpaired) electrons. The number of carbonyl (C=O) groups is 1. The largest absolute Gasteiger partial charge is 0.489 e. The van der Waals surface area contributed by atoms with Crippen molar-refractivity contribution >= 4 is 11.4 Å². The summed E-state index contributed by atoms with van der Waals surface area (Å²) in [5.74, 6) is 0.550. The fraction of sp³-hybridized carbons (Fsp3) is 0.0833.